The van der Waals surface area contributed by atoms with Crippen molar-refractivity contribution in [3.8, 4) is 0 Å². The lowest BCUT2D eigenvalue weighted by atomic mass is 10.1. The molecule has 0 saturated heterocycles. The summed E-state index contributed by atoms with van der Waals surface area (Å²) < 4.78 is 1.63. The first-order valence-corrected chi connectivity index (χ1v) is 8.48. The van der Waals surface area contributed by atoms with E-state index in [0.717, 1.165) is 12.1 Å². The molecule has 7 heteroatoms. The minimum atomic E-state index is -0.590. The van der Waals surface area contributed by atoms with Gasteiger partial charge in [0.1, 0.15) is 0 Å². The van der Waals surface area contributed by atoms with Crippen molar-refractivity contribution in [3.63, 3.8) is 0 Å². The summed E-state index contributed by atoms with van der Waals surface area (Å²) in [5.74, 6) is -0.590. The Labute approximate surface area is 147 Å². The fourth-order valence-corrected chi connectivity index (χ4v) is 2.50. The SMILES string of the molecule is CCCCc1ccc(NC(=S)Nc2cn(CC)nc2C(N)=O)cc1. The molecular weight excluding hydrogens is 322 g/mol. The summed E-state index contributed by atoms with van der Waals surface area (Å²) in [6, 6.07) is 8.15. The number of nitrogens with zero attached hydrogens (tertiary/aromatic N) is 2. The molecule has 2 rings (SSSR count). The van der Waals surface area contributed by atoms with Crippen molar-refractivity contribution in [1.82, 2.24) is 9.78 Å². The van der Waals surface area contributed by atoms with Crippen molar-refractivity contribution in [2.75, 3.05) is 10.6 Å². The fourth-order valence-electron chi connectivity index (χ4n) is 2.28. The molecule has 1 heterocycles. The lowest BCUT2D eigenvalue weighted by Crippen LogP contribution is -2.21. The predicted molar refractivity (Wildman–Crippen MR) is 101 cm³/mol. The van der Waals surface area contributed by atoms with Crippen LogP contribution >= 0.6 is 12.2 Å². The van der Waals surface area contributed by atoms with Crippen LogP contribution < -0.4 is 16.4 Å². The number of aryl methyl sites for hydroxylation is 2. The van der Waals surface area contributed by atoms with Gasteiger partial charge in [-0.2, -0.15) is 5.10 Å². The Kier molecular flexibility index (Phi) is 6.31. The standard InChI is InChI=1S/C17H23N5OS/c1-3-5-6-12-7-9-13(10-8-12)19-17(24)20-14-11-22(4-2)21-15(14)16(18)23/h7-11H,3-6H2,1-2H3,(H2,18,23)(H2,19,20,24). The van der Waals surface area contributed by atoms with E-state index in [4.69, 9.17) is 18.0 Å². The summed E-state index contributed by atoms with van der Waals surface area (Å²) in [6.45, 7) is 4.75. The molecular formula is C17H23N5OS. The van der Waals surface area contributed by atoms with Gasteiger partial charge in [0.15, 0.2) is 10.8 Å². The van der Waals surface area contributed by atoms with Crippen LogP contribution in [0.4, 0.5) is 11.4 Å². The third-order valence-corrected chi connectivity index (χ3v) is 3.80. The number of aromatic nitrogens is 2. The van der Waals surface area contributed by atoms with Gasteiger partial charge in [-0.25, -0.2) is 0 Å². The highest BCUT2D eigenvalue weighted by molar-refractivity contribution is 7.80. The van der Waals surface area contributed by atoms with Crippen molar-refractivity contribution >= 4 is 34.6 Å². The van der Waals surface area contributed by atoms with Crippen LogP contribution in [0.5, 0.6) is 0 Å². The van der Waals surface area contributed by atoms with Crippen molar-refractivity contribution in [2.24, 2.45) is 5.73 Å². The second kappa shape index (κ2) is 8.44. The topological polar surface area (TPSA) is 85.0 Å². The molecule has 1 amide bonds. The first kappa shape index (κ1) is 17.9. The summed E-state index contributed by atoms with van der Waals surface area (Å²) in [6.07, 6.45) is 5.16. The predicted octanol–water partition coefficient (Wildman–Crippen LogP) is 3.15. The van der Waals surface area contributed by atoms with Crippen LogP contribution in [0.2, 0.25) is 0 Å². The zero-order valence-electron chi connectivity index (χ0n) is 14.0. The number of nitrogens with two attached hydrogens (primary N) is 1. The lowest BCUT2D eigenvalue weighted by molar-refractivity contribution is 0.0995. The number of thiocarbonyl (C=S) groups is 1. The number of anilines is 2. The second-order valence-corrected chi connectivity index (χ2v) is 5.90. The number of hydrogen-bond acceptors (Lipinski definition) is 3. The normalized spacial score (nSPS) is 10.4. The maximum Gasteiger partial charge on any atom is 0.271 e. The van der Waals surface area contributed by atoms with Gasteiger partial charge in [-0.15, -0.1) is 0 Å². The summed E-state index contributed by atoms with van der Waals surface area (Å²) in [5, 5.41) is 10.6. The molecule has 0 aliphatic carbocycles. The largest absolute Gasteiger partial charge is 0.364 e. The Balaban J connectivity index is 2.00. The molecule has 1 aromatic carbocycles. The van der Waals surface area contributed by atoms with E-state index in [-0.39, 0.29) is 5.69 Å². The molecule has 128 valence electrons. The van der Waals surface area contributed by atoms with Crippen molar-refractivity contribution in [1.29, 1.82) is 0 Å². The fraction of sp³-hybridized carbons (Fsp3) is 0.353. The molecule has 0 saturated carbocycles. The van der Waals surface area contributed by atoms with Gasteiger partial charge in [-0.05, 0) is 49.7 Å². The van der Waals surface area contributed by atoms with Crippen LogP contribution in [0.1, 0.15) is 42.7 Å². The number of primary amides is 1. The number of amides is 1. The van der Waals surface area contributed by atoms with Crippen LogP contribution in [0.3, 0.4) is 0 Å². The molecule has 2 aromatic rings. The van der Waals surface area contributed by atoms with Gasteiger partial charge in [-0.3, -0.25) is 9.48 Å². The van der Waals surface area contributed by atoms with Crippen molar-refractivity contribution in [3.05, 3.63) is 41.7 Å². The third kappa shape index (κ3) is 4.79. The molecule has 6 nitrogen and oxygen atoms in total. The Hall–Kier alpha value is -2.41. The van der Waals surface area contributed by atoms with E-state index in [9.17, 15) is 4.79 Å². The minimum Gasteiger partial charge on any atom is -0.364 e. The molecule has 0 bridgehead atoms. The maximum absolute atomic E-state index is 11.5. The zero-order valence-corrected chi connectivity index (χ0v) is 14.8. The number of carbonyl (C=O) groups is 1. The first-order valence-electron chi connectivity index (χ1n) is 8.07. The number of nitrogens with one attached hydrogen (secondary N) is 2. The van der Waals surface area contributed by atoms with E-state index < -0.39 is 5.91 Å². The summed E-state index contributed by atoms with van der Waals surface area (Å²) in [5.41, 5.74) is 8.22. The Morgan fingerprint density at radius 2 is 1.96 bits per heavy atom. The van der Waals surface area contributed by atoms with Crippen LogP contribution in [-0.4, -0.2) is 20.8 Å². The minimum absolute atomic E-state index is 0.177. The van der Waals surface area contributed by atoms with Gasteiger partial charge < -0.3 is 16.4 Å². The van der Waals surface area contributed by atoms with Gasteiger partial charge in [0, 0.05) is 18.4 Å². The van der Waals surface area contributed by atoms with E-state index in [0.29, 0.717) is 17.3 Å². The van der Waals surface area contributed by atoms with E-state index in [1.807, 2.05) is 19.1 Å². The Morgan fingerprint density at radius 3 is 2.54 bits per heavy atom. The van der Waals surface area contributed by atoms with Crippen LogP contribution in [-0.2, 0) is 13.0 Å². The highest BCUT2D eigenvalue weighted by atomic mass is 32.1. The number of benzene rings is 1. The summed E-state index contributed by atoms with van der Waals surface area (Å²) in [4.78, 5) is 11.5. The molecule has 1 aromatic heterocycles. The van der Waals surface area contributed by atoms with E-state index in [1.165, 1.54) is 18.4 Å². The quantitative estimate of drug-likeness (QED) is 0.671. The van der Waals surface area contributed by atoms with Crippen molar-refractivity contribution < 1.29 is 4.79 Å². The average molecular weight is 345 g/mol. The average Bonchev–Trinajstić information content (AvgIpc) is 2.97. The summed E-state index contributed by atoms with van der Waals surface area (Å²) >= 11 is 5.30. The molecule has 0 atom stereocenters. The van der Waals surface area contributed by atoms with Crippen LogP contribution in [0.25, 0.3) is 0 Å². The molecule has 0 spiro atoms. The molecule has 0 aliphatic heterocycles. The van der Waals surface area contributed by atoms with Crippen molar-refractivity contribution in [2.45, 2.75) is 39.7 Å². The van der Waals surface area contributed by atoms with Gasteiger partial charge in [0.2, 0.25) is 0 Å². The Morgan fingerprint density at radius 1 is 1.25 bits per heavy atom. The molecule has 4 N–H and O–H groups in total. The Bertz CT molecular complexity index is 708. The number of carbonyl (C=O) groups excluding carboxylic acids is 1. The molecule has 24 heavy (non-hydrogen) atoms. The monoisotopic (exact) mass is 345 g/mol. The van der Waals surface area contributed by atoms with Crippen LogP contribution in [0.15, 0.2) is 30.5 Å². The summed E-state index contributed by atoms with van der Waals surface area (Å²) in [7, 11) is 0. The van der Waals surface area contributed by atoms with Gasteiger partial charge in [0.25, 0.3) is 5.91 Å². The van der Waals surface area contributed by atoms with E-state index in [2.05, 4.69) is 34.8 Å². The molecule has 0 aliphatic rings. The third-order valence-electron chi connectivity index (χ3n) is 3.60. The van der Waals surface area contributed by atoms with Crippen LogP contribution in [0, 0.1) is 0 Å². The lowest BCUT2D eigenvalue weighted by Gasteiger charge is -2.10. The zero-order chi connectivity index (χ0) is 17.5. The molecule has 0 radical (unpaired) electrons. The second-order valence-electron chi connectivity index (χ2n) is 5.49. The smallest absolute Gasteiger partial charge is 0.271 e. The van der Waals surface area contributed by atoms with E-state index >= 15 is 0 Å². The number of hydrogen-bond donors (Lipinski definition) is 3. The molecule has 0 fully saturated rings. The first-order chi connectivity index (χ1) is 11.5. The highest BCUT2D eigenvalue weighted by Gasteiger charge is 2.14. The number of unbranched alkanes of at least 4 members (excludes halogenated alkanes) is 1. The van der Waals surface area contributed by atoms with E-state index in [1.54, 1.807) is 10.9 Å². The van der Waals surface area contributed by atoms with Gasteiger partial charge in [0.05, 0.1) is 5.69 Å². The highest BCUT2D eigenvalue weighted by Crippen LogP contribution is 2.15. The van der Waals surface area contributed by atoms with Gasteiger partial charge >= 0.3 is 0 Å². The van der Waals surface area contributed by atoms with Gasteiger partial charge in [-0.1, -0.05) is 25.5 Å². The maximum atomic E-state index is 11.5. The number of rotatable bonds is 7. The molecule has 0 unspecified atom stereocenters.